The maximum atomic E-state index is 12.5. The number of sulfone groups is 1. The van der Waals surface area contributed by atoms with Crippen LogP contribution < -0.4 is 5.32 Å². The van der Waals surface area contributed by atoms with Gasteiger partial charge in [-0.3, -0.25) is 4.79 Å². The highest BCUT2D eigenvalue weighted by molar-refractivity contribution is 7.91. The summed E-state index contributed by atoms with van der Waals surface area (Å²) in [6.07, 6.45) is 2.06. The number of nitrogens with zero attached hydrogens (tertiary/aromatic N) is 1. The molecule has 5 nitrogen and oxygen atoms in total. The lowest BCUT2D eigenvalue weighted by molar-refractivity contribution is -0.131. The average Bonchev–Trinajstić information content (AvgIpc) is 2.56. The third-order valence-electron chi connectivity index (χ3n) is 4.30. The molecule has 9 heteroatoms. The van der Waals surface area contributed by atoms with Crippen LogP contribution in [0, 0.1) is 5.92 Å². The van der Waals surface area contributed by atoms with Crippen molar-refractivity contribution in [2.45, 2.75) is 29.9 Å². The summed E-state index contributed by atoms with van der Waals surface area (Å²) in [5.74, 6) is -2.89. The zero-order valence-corrected chi connectivity index (χ0v) is 15.6. The highest BCUT2D eigenvalue weighted by Crippen LogP contribution is 2.20. The minimum absolute atomic E-state index is 0. The number of hydrogen-bond acceptors (Lipinski definition) is 4. The third-order valence-corrected chi connectivity index (χ3v) is 5.70. The van der Waals surface area contributed by atoms with E-state index in [2.05, 4.69) is 5.32 Å². The Labute approximate surface area is 153 Å². The molecule has 0 aliphatic carbocycles. The summed E-state index contributed by atoms with van der Waals surface area (Å²) in [5, 5.41) is 3.14. The largest absolute Gasteiger partial charge is 0.342 e. The molecule has 0 aromatic heterocycles. The van der Waals surface area contributed by atoms with Crippen molar-refractivity contribution < 1.29 is 22.0 Å². The molecule has 1 N–H and O–H groups in total. The average molecular weight is 397 g/mol. The maximum Gasteiger partial charge on any atom is 0.341 e. The SMILES string of the molecule is CNCC1CCN(C(=O)Cc2ccc(S(=O)(=O)C(F)F)cc2)CC1.Cl. The predicted molar refractivity (Wildman–Crippen MR) is 93.8 cm³/mol. The highest BCUT2D eigenvalue weighted by atomic mass is 35.5. The number of hydrogen-bond donors (Lipinski definition) is 1. The number of carbonyl (C=O) groups excluding carboxylic acids is 1. The van der Waals surface area contributed by atoms with Crippen molar-refractivity contribution in [3.8, 4) is 0 Å². The number of benzene rings is 1. The smallest absolute Gasteiger partial charge is 0.341 e. The van der Waals surface area contributed by atoms with Crippen LogP contribution in [0.4, 0.5) is 8.78 Å². The van der Waals surface area contributed by atoms with Crippen molar-refractivity contribution in [3.05, 3.63) is 29.8 Å². The van der Waals surface area contributed by atoms with Crippen molar-refractivity contribution in [1.29, 1.82) is 0 Å². The predicted octanol–water partition coefficient (Wildman–Crippen LogP) is 2.11. The van der Waals surface area contributed by atoms with E-state index >= 15 is 0 Å². The summed E-state index contributed by atoms with van der Waals surface area (Å²) in [6, 6.07) is 5.09. The van der Waals surface area contributed by atoms with Gasteiger partial charge in [-0.25, -0.2) is 8.42 Å². The maximum absolute atomic E-state index is 12.5. The van der Waals surface area contributed by atoms with Crippen molar-refractivity contribution in [3.63, 3.8) is 0 Å². The Balaban J connectivity index is 0.00000312. The second-order valence-electron chi connectivity index (χ2n) is 6.01. The number of rotatable bonds is 6. The number of halogens is 3. The van der Waals surface area contributed by atoms with Crippen molar-refractivity contribution in [2.24, 2.45) is 5.92 Å². The molecule has 0 bridgehead atoms. The topological polar surface area (TPSA) is 66.5 Å². The molecule has 0 atom stereocenters. The normalized spacial score (nSPS) is 15.9. The van der Waals surface area contributed by atoms with Gasteiger partial charge in [0.1, 0.15) is 0 Å². The van der Waals surface area contributed by atoms with Gasteiger partial charge >= 0.3 is 5.76 Å². The van der Waals surface area contributed by atoms with Gasteiger partial charge in [-0.1, -0.05) is 12.1 Å². The molecular formula is C16H23ClF2N2O3S. The fraction of sp³-hybridized carbons (Fsp3) is 0.562. The van der Waals surface area contributed by atoms with Crippen LogP contribution in [-0.2, 0) is 21.1 Å². The number of amides is 1. The summed E-state index contributed by atoms with van der Waals surface area (Å²) in [6.45, 7) is 2.37. The first-order chi connectivity index (χ1) is 11.3. The number of carbonyl (C=O) groups is 1. The van der Waals surface area contributed by atoms with Gasteiger partial charge in [0.05, 0.1) is 11.3 Å². The van der Waals surface area contributed by atoms with E-state index in [1.54, 1.807) is 4.90 Å². The molecule has 1 heterocycles. The minimum atomic E-state index is -4.59. The lowest BCUT2D eigenvalue weighted by Gasteiger charge is -2.32. The summed E-state index contributed by atoms with van der Waals surface area (Å²) >= 11 is 0. The lowest BCUT2D eigenvalue weighted by atomic mass is 9.96. The number of likely N-dealkylation sites (tertiary alicyclic amines) is 1. The van der Waals surface area contributed by atoms with Gasteiger partial charge in [-0.15, -0.1) is 12.4 Å². The fourth-order valence-corrected chi connectivity index (χ4v) is 3.58. The molecule has 0 radical (unpaired) electrons. The van der Waals surface area contributed by atoms with Crippen LogP contribution in [0.3, 0.4) is 0 Å². The minimum Gasteiger partial charge on any atom is -0.342 e. The van der Waals surface area contributed by atoms with Crippen molar-refractivity contribution in [2.75, 3.05) is 26.7 Å². The Morgan fingerprint density at radius 2 is 1.80 bits per heavy atom. The molecule has 1 aliphatic rings. The Bertz CT molecular complexity index is 660. The van der Waals surface area contributed by atoms with E-state index in [0.29, 0.717) is 24.6 Å². The zero-order chi connectivity index (χ0) is 17.7. The Hall–Kier alpha value is -1.25. The molecule has 2 rings (SSSR count). The Morgan fingerprint density at radius 1 is 1.24 bits per heavy atom. The fourth-order valence-electron chi connectivity index (χ4n) is 2.86. The number of nitrogens with one attached hydrogen (secondary N) is 1. The van der Waals surface area contributed by atoms with Crippen molar-refractivity contribution in [1.82, 2.24) is 10.2 Å². The molecule has 0 unspecified atom stereocenters. The standard InChI is InChI=1S/C16H22F2N2O3S.ClH/c1-19-11-13-6-8-20(9-7-13)15(21)10-12-2-4-14(5-3-12)24(22,23)16(17)18;/h2-5,13,16,19H,6-11H2,1H3;1H. The first kappa shape index (κ1) is 21.8. The molecule has 1 saturated heterocycles. The molecule has 0 saturated carbocycles. The molecule has 142 valence electrons. The molecule has 1 aromatic carbocycles. The molecule has 1 aliphatic heterocycles. The van der Waals surface area contributed by atoms with Crippen LogP contribution in [0.25, 0.3) is 0 Å². The van der Waals surface area contributed by atoms with E-state index in [9.17, 15) is 22.0 Å². The van der Waals surface area contributed by atoms with Crippen LogP contribution in [0.15, 0.2) is 29.2 Å². The van der Waals surface area contributed by atoms with Gasteiger partial charge in [0.15, 0.2) is 0 Å². The van der Waals surface area contributed by atoms with Crippen LogP contribution in [-0.4, -0.2) is 51.7 Å². The van der Waals surface area contributed by atoms with E-state index in [-0.39, 0.29) is 24.7 Å². The number of alkyl halides is 2. The van der Waals surface area contributed by atoms with Crippen molar-refractivity contribution >= 4 is 28.2 Å². The van der Waals surface area contributed by atoms with Crippen LogP contribution in [0.1, 0.15) is 18.4 Å². The molecule has 1 aromatic rings. The van der Waals surface area contributed by atoms with Gasteiger partial charge in [-0.2, -0.15) is 8.78 Å². The van der Waals surface area contributed by atoms with E-state index in [1.165, 1.54) is 12.1 Å². The van der Waals surface area contributed by atoms with E-state index < -0.39 is 20.5 Å². The molecule has 1 fully saturated rings. The van der Waals surface area contributed by atoms with Gasteiger partial charge in [0.2, 0.25) is 15.7 Å². The molecule has 25 heavy (non-hydrogen) atoms. The van der Waals surface area contributed by atoms with Crippen LogP contribution in [0.5, 0.6) is 0 Å². The molecular weight excluding hydrogens is 374 g/mol. The summed E-state index contributed by atoms with van der Waals surface area (Å²) in [5.41, 5.74) is 0.616. The Kier molecular flexibility index (Phi) is 8.24. The van der Waals surface area contributed by atoms with Gasteiger partial charge < -0.3 is 10.2 Å². The second-order valence-corrected chi connectivity index (χ2v) is 7.93. The lowest BCUT2D eigenvalue weighted by Crippen LogP contribution is -2.41. The summed E-state index contributed by atoms with van der Waals surface area (Å²) in [7, 11) is -2.68. The first-order valence-electron chi connectivity index (χ1n) is 7.88. The Morgan fingerprint density at radius 3 is 2.28 bits per heavy atom. The summed E-state index contributed by atoms with van der Waals surface area (Å²) < 4.78 is 47.7. The van der Waals surface area contributed by atoms with Gasteiger partial charge in [0.25, 0.3) is 0 Å². The van der Waals surface area contributed by atoms with Crippen LogP contribution in [0.2, 0.25) is 0 Å². The summed E-state index contributed by atoms with van der Waals surface area (Å²) in [4.78, 5) is 13.7. The first-order valence-corrected chi connectivity index (χ1v) is 9.42. The van der Waals surface area contributed by atoms with Crippen LogP contribution >= 0.6 is 12.4 Å². The quantitative estimate of drug-likeness (QED) is 0.799. The number of piperidine rings is 1. The van der Waals surface area contributed by atoms with E-state index in [0.717, 1.165) is 31.5 Å². The zero-order valence-electron chi connectivity index (χ0n) is 14.0. The molecule has 0 spiro atoms. The highest BCUT2D eigenvalue weighted by Gasteiger charge is 2.26. The van der Waals surface area contributed by atoms with Gasteiger partial charge in [-0.05, 0) is 50.0 Å². The molecule has 1 amide bonds. The van der Waals surface area contributed by atoms with E-state index in [4.69, 9.17) is 0 Å². The van der Waals surface area contributed by atoms with Gasteiger partial charge in [0, 0.05) is 13.1 Å². The third kappa shape index (κ3) is 5.62. The monoisotopic (exact) mass is 396 g/mol. The second kappa shape index (κ2) is 9.45. The van der Waals surface area contributed by atoms with E-state index in [1.807, 2.05) is 7.05 Å².